The van der Waals surface area contributed by atoms with Crippen molar-refractivity contribution in [2.75, 3.05) is 12.4 Å². The Morgan fingerprint density at radius 2 is 1.58 bits per heavy atom. The van der Waals surface area contributed by atoms with E-state index in [9.17, 15) is 13.2 Å². The summed E-state index contributed by atoms with van der Waals surface area (Å²) < 4.78 is 45.5. The molecule has 0 amide bonds. The van der Waals surface area contributed by atoms with Crippen molar-refractivity contribution in [3.05, 3.63) is 83.9 Å². The molecular weight excluding hydrogens is 493 g/mol. The van der Waals surface area contributed by atoms with Crippen LogP contribution in [0.15, 0.2) is 87.9 Å². The SMILES string of the molecule is COc1ccc(NC(=S)N/N=C/c2ccc(C(N)=NC=Nc3ccc(OC(F)(F)F)cc3)cc2)cc1. The molecule has 0 spiro atoms. The van der Waals surface area contributed by atoms with Crippen LogP contribution in [0.2, 0.25) is 0 Å². The number of benzene rings is 3. The van der Waals surface area contributed by atoms with Crippen LogP contribution in [0.4, 0.5) is 24.5 Å². The summed E-state index contributed by atoms with van der Waals surface area (Å²) in [5, 5.41) is 7.42. The second-order valence-corrected chi connectivity index (χ2v) is 7.38. The molecule has 0 aliphatic carbocycles. The fraction of sp³-hybridized carbons (Fsp3) is 0.0833. The maximum Gasteiger partial charge on any atom is 0.573 e. The summed E-state index contributed by atoms with van der Waals surface area (Å²) in [6, 6.07) is 19.4. The number of amidine groups is 1. The van der Waals surface area contributed by atoms with Gasteiger partial charge in [-0.05, 0) is 66.3 Å². The quantitative estimate of drug-likeness (QED) is 0.170. The normalized spacial score (nSPS) is 12.1. The zero-order valence-corrected chi connectivity index (χ0v) is 19.7. The lowest BCUT2D eigenvalue weighted by molar-refractivity contribution is -0.274. The van der Waals surface area contributed by atoms with Gasteiger partial charge in [0.15, 0.2) is 5.11 Å². The van der Waals surface area contributed by atoms with Gasteiger partial charge in [0.1, 0.15) is 23.7 Å². The molecule has 3 aromatic rings. The van der Waals surface area contributed by atoms with E-state index in [1.165, 1.54) is 18.5 Å². The molecule has 3 aromatic carbocycles. The molecule has 0 saturated carbocycles. The van der Waals surface area contributed by atoms with Crippen LogP contribution < -0.4 is 25.9 Å². The molecule has 0 aliphatic heterocycles. The molecule has 0 saturated heterocycles. The molecular formula is C24H21F3N6O2S. The first-order valence-electron chi connectivity index (χ1n) is 10.3. The lowest BCUT2D eigenvalue weighted by Gasteiger charge is -2.08. The van der Waals surface area contributed by atoms with E-state index in [-0.39, 0.29) is 11.6 Å². The standard InChI is InChI=1S/C24H21F3N6O2S/c1-34-20-10-8-19(9-11-20)32-23(36)33-31-14-16-2-4-17(5-3-16)22(28)30-15-29-18-6-12-21(13-7-18)35-24(25,26)27/h2-15H,1H3,(H2,28,29,30)(H2,32,33,36)/b31-14+. The summed E-state index contributed by atoms with van der Waals surface area (Å²) in [5.41, 5.74) is 11.3. The van der Waals surface area contributed by atoms with Crippen molar-refractivity contribution in [2.45, 2.75) is 6.36 Å². The van der Waals surface area contributed by atoms with Crippen LogP contribution in [-0.4, -0.2) is 37.0 Å². The van der Waals surface area contributed by atoms with E-state index in [1.807, 2.05) is 24.3 Å². The molecule has 0 radical (unpaired) electrons. The Labute approximate surface area is 210 Å². The summed E-state index contributed by atoms with van der Waals surface area (Å²) in [7, 11) is 1.59. The molecule has 8 nitrogen and oxygen atoms in total. The zero-order valence-electron chi connectivity index (χ0n) is 18.9. The molecule has 0 fully saturated rings. The number of nitrogens with two attached hydrogens (primary N) is 1. The van der Waals surface area contributed by atoms with Gasteiger partial charge in [-0.3, -0.25) is 5.43 Å². The van der Waals surface area contributed by atoms with E-state index in [4.69, 9.17) is 22.7 Å². The third-order valence-corrected chi connectivity index (χ3v) is 4.60. The molecule has 0 aromatic heterocycles. The molecule has 3 rings (SSSR count). The Morgan fingerprint density at radius 1 is 0.944 bits per heavy atom. The van der Waals surface area contributed by atoms with Gasteiger partial charge in [-0.25, -0.2) is 9.98 Å². The number of anilines is 1. The highest BCUT2D eigenvalue weighted by Crippen LogP contribution is 2.24. The molecule has 0 aliphatic rings. The third kappa shape index (κ3) is 8.72. The van der Waals surface area contributed by atoms with E-state index in [0.717, 1.165) is 29.1 Å². The van der Waals surface area contributed by atoms with Crippen molar-refractivity contribution in [2.24, 2.45) is 20.8 Å². The molecule has 4 N–H and O–H groups in total. The molecule has 0 heterocycles. The van der Waals surface area contributed by atoms with Crippen molar-refractivity contribution >= 4 is 47.1 Å². The van der Waals surface area contributed by atoms with Gasteiger partial charge in [0.25, 0.3) is 0 Å². The second-order valence-electron chi connectivity index (χ2n) is 6.98. The minimum atomic E-state index is -4.75. The van der Waals surface area contributed by atoms with E-state index in [2.05, 4.69) is 30.6 Å². The molecule has 0 unspecified atom stereocenters. The lowest BCUT2D eigenvalue weighted by Crippen LogP contribution is -2.23. The fourth-order valence-corrected chi connectivity index (χ4v) is 2.88. The number of rotatable bonds is 8. The van der Waals surface area contributed by atoms with Gasteiger partial charge in [-0.1, -0.05) is 24.3 Å². The minimum Gasteiger partial charge on any atom is -0.497 e. The highest BCUT2D eigenvalue weighted by atomic mass is 32.1. The smallest absolute Gasteiger partial charge is 0.497 e. The van der Waals surface area contributed by atoms with Crippen LogP contribution in [0, 0.1) is 0 Å². The van der Waals surface area contributed by atoms with Crippen molar-refractivity contribution in [1.29, 1.82) is 0 Å². The van der Waals surface area contributed by atoms with Crippen LogP contribution in [-0.2, 0) is 0 Å². The molecule has 12 heteroatoms. The lowest BCUT2D eigenvalue weighted by atomic mass is 10.1. The number of hydrazone groups is 1. The zero-order chi connectivity index (χ0) is 26.0. The highest BCUT2D eigenvalue weighted by molar-refractivity contribution is 7.80. The first-order valence-corrected chi connectivity index (χ1v) is 10.7. The Balaban J connectivity index is 1.50. The number of thiocarbonyl (C=S) groups is 1. The predicted molar refractivity (Wildman–Crippen MR) is 138 cm³/mol. The molecule has 36 heavy (non-hydrogen) atoms. The minimum absolute atomic E-state index is 0.210. The van der Waals surface area contributed by atoms with Gasteiger partial charge in [0.2, 0.25) is 0 Å². The maximum absolute atomic E-state index is 12.2. The van der Waals surface area contributed by atoms with E-state index >= 15 is 0 Å². The van der Waals surface area contributed by atoms with Crippen LogP contribution in [0.3, 0.4) is 0 Å². The number of ether oxygens (including phenoxy) is 2. The average molecular weight is 515 g/mol. The fourth-order valence-electron chi connectivity index (χ4n) is 2.70. The Hall–Kier alpha value is -4.45. The third-order valence-electron chi connectivity index (χ3n) is 4.41. The van der Waals surface area contributed by atoms with Gasteiger partial charge in [0, 0.05) is 11.3 Å². The maximum atomic E-state index is 12.2. The molecule has 186 valence electrons. The van der Waals surface area contributed by atoms with Gasteiger partial charge >= 0.3 is 6.36 Å². The Bertz CT molecular complexity index is 1240. The average Bonchev–Trinajstić information content (AvgIpc) is 2.85. The first-order chi connectivity index (χ1) is 17.2. The summed E-state index contributed by atoms with van der Waals surface area (Å²) in [4.78, 5) is 8.09. The summed E-state index contributed by atoms with van der Waals surface area (Å²) in [6.45, 7) is 0. The number of hydrogen-bond donors (Lipinski definition) is 3. The first kappa shape index (κ1) is 26.2. The van der Waals surface area contributed by atoms with E-state index < -0.39 is 6.36 Å². The number of methoxy groups -OCH3 is 1. The number of hydrogen-bond acceptors (Lipinski definition) is 5. The Kier molecular flexibility index (Phi) is 8.95. The van der Waals surface area contributed by atoms with E-state index in [1.54, 1.807) is 37.6 Å². The van der Waals surface area contributed by atoms with Crippen molar-refractivity contribution in [1.82, 2.24) is 5.43 Å². The van der Waals surface area contributed by atoms with Crippen LogP contribution in [0.25, 0.3) is 0 Å². The number of halogens is 3. The summed E-state index contributed by atoms with van der Waals surface area (Å²) in [5.74, 6) is 0.618. The number of nitrogens with one attached hydrogen (secondary N) is 2. The van der Waals surface area contributed by atoms with Crippen LogP contribution in [0.5, 0.6) is 11.5 Å². The number of alkyl halides is 3. The van der Waals surface area contributed by atoms with Gasteiger partial charge < -0.3 is 20.5 Å². The predicted octanol–water partition coefficient (Wildman–Crippen LogP) is 4.98. The molecule has 0 atom stereocenters. The monoisotopic (exact) mass is 514 g/mol. The summed E-state index contributed by atoms with van der Waals surface area (Å²) >= 11 is 5.21. The van der Waals surface area contributed by atoms with Gasteiger partial charge in [0.05, 0.1) is 19.0 Å². The highest BCUT2D eigenvalue weighted by Gasteiger charge is 2.30. The van der Waals surface area contributed by atoms with Gasteiger partial charge in [-0.2, -0.15) is 5.10 Å². The molecule has 0 bridgehead atoms. The van der Waals surface area contributed by atoms with Crippen LogP contribution in [0.1, 0.15) is 11.1 Å². The van der Waals surface area contributed by atoms with Gasteiger partial charge in [-0.15, -0.1) is 13.2 Å². The topological polar surface area (TPSA) is 106 Å². The van der Waals surface area contributed by atoms with Crippen molar-refractivity contribution in [3.63, 3.8) is 0 Å². The van der Waals surface area contributed by atoms with Crippen LogP contribution >= 0.6 is 12.2 Å². The second kappa shape index (κ2) is 12.3. The largest absolute Gasteiger partial charge is 0.573 e. The Morgan fingerprint density at radius 3 is 2.19 bits per heavy atom. The van der Waals surface area contributed by atoms with E-state index in [0.29, 0.717) is 16.4 Å². The number of nitrogens with zero attached hydrogens (tertiary/aromatic N) is 3. The number of aliphatic imine (C=N–C) groups is 2. The van der Waals surface area contributed by atoms with Crippen molar-refractivity contribution in [3.8, 4) is 11.5 Å². The van der Waals surface area contributed by atoms with Crippen molar-refractivity contribution < 1.29 is 22.6 Å². The summed E-state index contributed by atoms with van der Waals surface area (Å²) in [6.07, 6.45) is -1.94.